The van der Waals surface area contributed by atoms with E-state index in [4.69, 9.17) is 0 Å². The molecule has 0 spiro atoms. The summed E-state index contributed by atoms with van der Waals surface area (Å²) in [7, 11) is 0. The molecule has 2 amide bonds. The average Bonchev–Trinajstić information content (AvgIpc) is 2.35. The van der Waals surface area contributed by atoms with Crippen LogP contribution in [-0.4, -0.2) is 28.6 Å². The van der Waals surface area contributed by atoms with Gasteiger partial charge in [-0.2, -0.15) is 5.10 Å². The van der Waals surface area contributed by atoms with Gasteiger partial charge in [-0.15, -0.1) is 0 Å². The van der Waals surface area contributed by atoms with E-state index >= 15 is 0 Å². The Hall–Kier alpha value is -2.24. The minimum absolute atomic E-state index is 0.0893. The van der Waals surface area contributed by atoms with E-state index in [2.05, 4.69) is 20.8 Å². The van der Waals surface area contributed by atoms with Crippen molar-refractivity contribution in [3.63, 3.8) is 0 Å². The molecule has 6 heteroatoms. The quantitative estimate of drug-likeness (QED) is 0.462. The molecule has 1 heterocycles. The summed E-state index contributed by atoms with van der Waals surface area (Å²) >= 11 is 0. The summed E-state index contributed by atoms with van der Waals surface area (Å²) in [6.45, 7) is 5.28. The Kier molecular flexibility index (Phi) is 4.98. The molecule has 1 aromatic heterocycles. The molecule has 18 heavy (non-hydrogen) atoms. The molecule has 0 unspecified atom stereocenters. The first-order valence-electron chi connectivity index (χ1n) is 5.56. The zero-order valence-electron chi connectivity index (χ0n) is 10.6. The first-order valence-corrected chi connectivity index (χ1v) is 5.56. The van der Waals surface area contributed by atoms with E-state index in [0.717, 1.165) is 5.56 Å². The maximum absolute atomic E-state index is 11.4. The Morgan fingerprint density at radius 1 is 1.22 bits per heavy atom. The van der Waals surface area contributed by atoms with Crippen LogP contribution in [0.25, 0.3) is 0 Å². The van der Waals surface area contributed by atoms with E-state index in [1.54, 1.807) is 45.3 Å². The van der Waals surface area contributed by atoms with Crippen molar-refractivity contribution in [2.75, 3.05) is 0 Å². The number of aromatic nitrogens is 1. The van der Waals surface area contributed by atoms with Gasteiger partial charge in [0.2, 0.25) is 0 Å². The zero-order valence-corrected chi connectivity index (χ0v) is 10.6. The second kappa shape index (κ2) is 6.48. The van der Waals surface area contributed by atoms with Crippen molar-refractivity contribution in [3.8, 4) is 0 Å². The number of hydrazone groups is 1. The van der Waals surface area contributed by atoms with Crippen molar-refractivity contribution in [3.05, 3.63) is 30.1 Å². The minimum atomic E-state index is -0.780. The van der Waals surface area contributed by atoms with Crippen LogP contribution in [0.2, 0.25) is 0 Å². The molecule has 0 atom stereocenters. The highest BCUT2D eigenvalue weighted by Gasteiger charge is 2.13. The molecule has 96 valence electrons. The SMILES string of the molecule is C/C(=N/NC(=O)C(=O)NC(C)C)c1ccncc1. The number of hydrogen-bond acceptors (Lipinski definition) is 4. The van der Waals surface area contributed by atoms with Crippen LogP contribution in [-0.2, 0) is 9.59 Å². The summed E-state index contributed by atoms with van der Waals surface area (Å²) in [6.07, 6.45) is 3.25. The van der Waals surface area contributed by atoms with Crippen LogP contribution in [0.15, 0.2) is 29.6 Å². The fourth-order valence-corrected chi connectivity index (χ4v) is 1.17. The molecule has 0 bridgehead atoms. The van der Waals surface area contributed by atoms with E-state index < -0.39 is 11.8 Å². The number of amides is 2. The maximum Gasteiger partial charge on any atom is 0.329 e. The third-order valence-corrected chi connectivity index (χ3v) is 2.05. The second-order valence-electron chi connectivity index (χ2n) is 4.00. The molecule has 1 rings (SSSR count). The third-order valence-electron chi connectivity index (χ3n) is 2.05. The van der Waals surface area contributed by atoms with Gasteiger partial charge in [0.15, 0.2) is 0 Å². The number of hydrogen-bond donors (Lipinski definition) is 2. The highest BCUT2D eigenvalue weighted by molar-refractivity contribution is 6.35. The first-order chi connectivity index (χ1) is 8.50. The average molecular weight is 248 g/mol. The number of nitrogens with one attached hydrogen (secondary N) is 2. The van der Waals surface area contributed by atoms with Crippen molar-refractivity contribution in [1.29, 1.82) is 0 Å². The van der Waals surface area contributed by atoms with Crippen LogP contribution in [0, 0.1) is 0 Å². The molecule has 0 aromatic carbocycles. The predicted molar refractivity (Wildman–Crippen MR) is 67.9 cm³/mol. The van der Waals surface area contributed by atoms with Gasteiger partial charge < -0.3 is 5.32 Å². The smallest absolute Gasteiger partial charge is 0.329 e. The number of rotatable bonds is 3. The minimum Gasteiger partial charge on any atom is -0.346 e. The summed E-state index contributed by atoms with van der Waals surface area (Å²) in [5.41, 5.74) is 3.63. The lowest BCUT2D eigenvalue weighted by molar-refractivity contribution is -0.139. The predicted octanol–water partition coefficient (Wildman–Crippen LogP) is 0.446. The topological polar surface area (TPSA) is 83.5 Å². The van der Waals surface area contributed by atoms with Gasteiger partial charge in [-0.1, -0.05) is 0 Å². The van der Waals surface area contributed by atoms with Crippen molar-refractivity contribution >= 4 is 17.5 Å². The Labute approximate surface area is 105 Å². The van der Waals surface area contributed by atoms with Gasteiger partial charge in [-0.05, 0) is 32.9 Å². The fourth-order valence-electron chi connectivity index (χ4n) is 1.17. The number of pyridine rings is 1. The van der Waals surface area contributed by atoms with E-state index in [0.29, 0.717) is 5.71 Å². The van der Waals surface area contributed by atoms with E-state index in [1.165, 1.54) is 0 Å². The monoisotopic (exact) mass is 248 g/mol. The Balaban J connectivity index is 2.59. The molecule has 1 aromatic rings. The summed E-state index contributed by atoms with van der Waals surface area (Å²) < 4.78 is 0. The molecule has 2 N–H and O–H groups in total. The number of carbonyl (C=O) groups excluding carboxylic acids is 2. The molecule has 0 saturated heterocycles. The molecule has 0 aliphatic rings. The zero-order chi connectivity index (χ0) is 13.5. The van der Waals surface area contributed by atoms with Gasteiger partial charge in [0.25, 0.3) is 0 Å². The Morgan fingerprint density at radius 3 is 2.39 bits per heavy atom. The van der Waals surface area contributed by atoms with Crippen LogP contribution in [0.1, 0.15) is 26.3 Å². The molecule has 0 fully saturated rings. The van der Waals surface area contributed by atoms with Crippen LogP contribution in [0.3, 0.4) is 0 Å². The summed E-state index contributed by atoms with van der Waals surface area (Å²) in [6, 6.07) is 3.44. The highest BCUT2D eigenvalue weighted by Crippen LogP contribution is 1.97. The van der Waals surface area contributed by atoms with Gasteiger partial charge in [0.05, 0.1) is 5.71 Å². The van der Waals surface area contributed by atoms with Gasteiger partial charge >= 0.3 is 11.8 Å². The van der Waals surface area contributed by atoms with Gasteiger partial charge in [-0.3, -0.25) is 14.6 Å². The Bertz CT molecular complexity index is 454. The van der Waals surface area contributed by atoms with E-state index in [1.807, 2.05) is 0 Å². The summed E-state index contributed by atoms with van der Waals surface area (Å²) in [5.74, 6) is -1.48. The lowest BCUT2D eigenvalue weighted by Gasteiger charge is -2.06. The van der Waals surface area contributed by atoms with Gasteiger partial charge in [-0.25, -0.2) is 5.43 Å². The van der Waals surface area contributed by atoms with Crippen molar-refractivity contribution < 1.29 is 9.59 Å². The molecule has 6 nitrogen and oxygen atoms in total. The molecule has 0 aliphatic heterocycles. The standard InChI is InChI=1S/C12H16N4O2/c1-8(2)14-11(17)12(18)16-15-9(3)10-4-6-13-7-5-10/h4-8H,1-3H3,(H,14,17)(H,16,18)/b15-9-. The van der Waals surface area contributed by atoms with E-state index in [9.17, 15) is 9.59 Å². The third kappa shape index (κ3) is 4.32. The second-order valence-corrected chi connectivity index (χ2v) is 4.00. The molecule has 0 radical (unpaired) electrons. The molecule has 0 saturated carbocycles. The maximum atomic E-state index is 11.4. The van der Waals surface area contributed by atoms with Crippen molar-refractivity contribution in [2.45, 2.75) is 26.8 Å². The van der Waals surface area contributed by atoms with E-state index in [-0.39, 0.29) is 6.04 Å². The molecular weight excluding hydrogens is 232 g/mol. The molecular formula is C12H16N4O2. The van der Waals surface area contributed by atoms with Crippen molar-refractivity contribution in [1.82, 2.24) is 15.7 Å². The number of nitrogens with zero attached hydrogens (tertiary/aromatic N) is 2. The highest BCUT2D eigenvalue weighted by atomic mass is 16.2. The van der Waals surface area contributed by atoms with Crippen LogP contribution >= 0.6 is 0 Å². The number of carbonyl (C=O) groups is 2. The Morgan fingerprint density at radius 2 is 1.83 bits per heavy atom. The summed E-state index contributed by atoms with van der Waals surface area (Å²) in [5, 5.41) is 6.33. The summed E-state index contributed by atoms with van der Waals surface area (Å²) in [4.78, 5) is 26.5. The molecule has 0 aliphatic carbocycles. The van der Waals surface area contributed by atoms with Crippen LogP contribution in [0.5, 0.6) is 0 Å². The largest absolute Gasteiger partial charge is 0.346 e. The normalized spacial score (nSPS) is 11.2. The fraction of sp³-hybridized carbons (Fsp3) is 0.333. The van der Waals surface area contributed by atoms with Gasteiger partial charge in [0, 0.05) is 24.0 Å². The lowest BCUT2D eigenvalue weighted by Crippen LogP contribution is -2.41. The van der Waals surface area contributed by atoms with Crippen LogP contribution < -0.4 is 10.7 Å². The van der Waals surface area contributed by atoms with Crippen LogP contribution in [0.4, 0.5) is 0 Å². The first kappa shape index (κ1) is 13.8. The lowest BCUT2D eigenvalue weighted by atomic mass is 10.2. The van der Waals surface area contributed by atoms with Gasteiger partial charge in [0.1, 0.15) is 0 Å². The van der Waals surface area contributed by atoms with Crippen molar-refractivity contribution in [2.24, 2.45) is 5.10 Å².